The number of fused-ring (bicyclic) bond motifs is 1. The van der Waals surface area contributed by atoms with Crippen LogP contribution < -0.4 is 16.4 Å². The van der Waals surface area contributed by atoms with Crippen LogP contribution >= 0.6 is 11.3 Å². The number of nitrogen functional groups attached to an aromatic ring is 1. The largest absolute Gasteiger partial charge is 0.416 e. The Hall–Kier alpha value is -4.94. The number of aryl methyl sites for hydroxylation is 1. The van der Waals surface area contributed by atoms with E-state index in [2.05, 4.69) is 25.6 Å². The van der Waals surface area contributed by atoms with Crippen LogP contribution in [0.1, 0.15) is 71.1 Å². The highest BCUT2D eigenvalue weighted by Gasteiger charge is 2.44. The number of nitrogens with zero attached hydrogens (tertiary/aromatic N) is 4. The summed E-state index contributed by atoms with van der Waals surface area (Å²) in [5.41, 5.74) is 7.40. The number of ether oxygens (including phenoxy) is 1. The number of nitrogens with two attached hydrogens (primary N) is 1. The highest BCUT2D eigenvalue weighted by atomic mass is 32.1. The van der Waals surface area contributed by atoms with Crippen molar-refractivity contribution < 1.29 is 42.8 Å². The molecule has 7 N–H and O–H groups in total. The number of nitrogens with one attached hydrogen (secondary N) is 2. The third-order valence-corrected chi connectivity index (χ3v) is 10.5. The number of rotatable bonds is 17. The molecule has 0 aliphatic carbocycles. The number of anilines is 2. The number of benzene rings is 2. The molecule has 6 rings (SSSR count). The Bertz CT molecular complexity index is 2090. The SMILES string of the molecule is Nc1sc(CCC(=O)NCCCCCCCNc2ncnc3c2ncn3[C@@H]2O[C@H](CO)[C@@H](O)[C@H]2O)c(-c2cccc(C(F)(F)F)c2)c1C(=O)c1ccccc1. The lowest BCUT2D eigenvalue weighted by atomic mass is 9.93. The minimum atomic E-state index is -4.58. The molecule has 2 aromatic carbocycles. The number of thiophene rings is 1. The fraction of sp³-hybridized carbons (Fsp3) is 0.395. The Morgan fingerprint density at radius 3 is 2.42 bits per heavy atom. The molecule has 0 bridgehead atoms. The smallest absolute Gasteiger partial charge is 0.394 e. The van der Waals surface area contributed by atoms with Crippen molar-refractivity contribution in [3.8, 4) is 11.1 Å². The Kier molecular flexibility index (Phi) is 12.8. The van der Waals surface area contributed by atoms with Gasteiger partial charge >= 0.3 is 6.18 Å². The molecular weight excluding hydrogens is 740 g/mol. The molecule has 292 valence electrons. The zero-order chi connectivity index (χ0) is 39.1. The molecular formula is C38H42F3N7O6S. The summed E-state index contributed by atoms with van der Waals surface area (Å²) in [6.07, 6.45) is -1.51. The third-order valence-electron chi connectivity index (χ3n) is 9.45. The van der Waals surface area contributed by atoms with Crippen LogP contribution in [0.2, 0.25) is 0 Å². The van der Waals surface area contributed by atoms with Crippen LogP contribution in [-0.4, -0.2) is 84.5 Å². The van der Waals surface area contributed by atoms with E-state index < -0.39 is 48.7 Å². The van der Waals surface area contributed by atoms with Gasteiger partial charge in [-0.2, -0.15) is 13.2 Å². The first kappa shape index (κ1) is 39.7. The summed E-state index contributed by atoms with van der Waals surface area (Å²) in [6, 6.07) is 13.2. The van der Waals surface area contributed by atoms with Crippen molar-refractivity contribution >= 4 is 45.0 Å². The Balaban J connectivity index is 0.955. The van der Waals surface area contributed by atoms with Crippen molar-refractivity contribution in [2.45, 2.75) is 75.7 Å². The van der Waals surface area contributed by atoms with Crippen molar-refractivity contribution in [2.75, 3.05) is 30.7 Å². The molecule has 1 aliphatic rings. The molecule has 1 saturated heterocycles. The summed E-state index contributed by atoms with van der Waals surface area (Å²) in [5, 5.41) is 36.3. The maximum Gasteiger partial charge on any atom is 0.416 e. The van der Waals surface area contributed by atoms with E-state index in [-0.39, 0.29) is 34.9 Å². The van der Waals surface area contributed by atoms with Gasteiger partial charge in [-0.3, -0.25) is 14.2 Å². The van der Waals surface area contributed by atoms with Gasteiger partial charge in [0.25, 0.3) is 0 Å². The predicted molar refractivity (Wildman–Crippen MR) is 200 cm³/mol. The quantitative estimate of drug-likeness (QED) is 0.0542. The minimum Gasteiger partial charge on any atom is -0.394 e. The second-order valence-electron chi connectivity index (χ2n) is 13.2. The number of hydrogen-bond donors (Lipinski definition) is 6. The van der Waals surface area contributed by atoms with Gasteiger partial charge in [-0.05, 0) is 37.0 Å². The van der Waals surface area contributed by atoms with E-state index in [1.54, 1.807) is 30.3 Å². The van der Waals surface area contributed by atoms with E-state index in [4.69, 9.17) is 10.5 Å². The number of imidazole rings is 1. The predicted octanol–water partition coefficient (Wildman–Crippen LogP) is 5.11. The Morgan fingerprint density at radius 1 is 0.945 bits per heavy atom. The van der Waals surface area contributed by atoms with E-state index in [1.165, 1.54) is 29.4 Å². The second kappa shape index (κ2) is 17.7. The van der Waals surface area contributed by atoms with Crippen LogP contribution in [-0.2, 0) is 22.1 Å². The lowest BCUT2D eigenvalue weighted by molar-refractivity contribution is -0.137. The summed E-state index contributed by atoms with van der Waals surface area (Å²) in [7, 11) is 0. The molecule has 0 spiro atoms. The first-order valence-electron chi connectivity index (χ1n) is 18.0. The van der Waals surface area contributed by atoms with Crippen LogP contribution in [0.25, 0.3) is 22.3 Å². The number of aliphatic hydroxyl groups excluding tert-OH is 3. The number of alkyl halides is 3. The summed E-state index contributed by atoms with van der Waals surface area (Å²) in [4.78, 5) is 39.9. The van der Waals surface area contributed by atoms with Crippen LogP contribution in [0.5, 0.6) is 0 Å². The number of halogens is 3. The highest BCUT2D eigenvalue weighted by molar-refractivity contribution is 7.17. The number of hydrogen-bond acceptors (Lipinski definition) is 12. The van der Waals surface area contributed by atoms with Gasteiger partial charge in [0, 0.05) is 35.5 Å². The number of ketones is 1. The number of aliphatic hydroxyl groups is 3. The number of amides is 1. The minimum absolute atomic E-state index is 0.0739. The topological polar surface area (TPSA) is 198 Å². The Labute approximate surface area is 318 Å². The molecule has 3 aromatic heterocycles. The molecule has 5 aromatic rings. The molecule has 1 fully saturated rings. The summed E-state index contributed by atoms with van der Waals surface area (Å²) in [5.74, 6) is -0.0909. The molecule has 1 amide bonds. The second-order valence-corrected chi connectivity index (χ2v) is 14.4. The fourth-order valence-electron chi connectivity index (χ4n) is 6.60. The standard InChI is InChI=1S/C38H42F3N7O6S/c39-38(40,41)24-13-9-12-23(18-24)28-26(55-34(42)29(28)31(51)22-10-5-4-6-11-22)14-15-27(50)43-16-7-2-1-3-8-17-44-35-30-36(46-20-45-35)48(21-47-30)37-33(53)32(52)25(19-49)54-37/h4-6,9-13,18,20-21,25,32-33,37,49,52-53H,1-3,7-8,14-17,19,42H2,(H,43,50)(H,44,45,46)/t25-,32-,33-,37-/m1/s1. The number of carbonyl (C=O) groups excluding carboxylic acids is 2. The first-order valence-corrected chi connectivity index (χ1v) is 18.8. The fourth-order valence-corrected chi connectivity index (χ4v) is 7.69. The highest BCUT2D eigenvalue weighted by Crippen LogP contribution is 2.42. The lowest BCUT2D eigenvalue weighted by Gasteiger charge is -2.16. The molecule has 0 radical (unpaired) electrons. The van der Waals surface area contributed by atoms with Gasteiger partial charge in [-0.15, -0.1) is 11.3 Å². The van der Waals surface area contributed by atoms with Crippen LogP contribution in [0, 0.1) is 0 Å². The van der Waals surface area contributed by atoms with Crippen molar-refractivity contribution in [2.24, 2.45) is 0 Å². The van der Waals surface area contributed by atoms with Gasteiger partial charge in [-0.1, -0.05) is 61.7 Å². The summed E-state index contributed by atoms with van der Waals surface area (Å²) < 4.78 is 48.0. The van der Waals surface area contributed by atoms with Crippen molar-refractivity contribution in [3.05, 3.63) is 88.8 Å². The maximum absolute atomic E-state index is 13.6. The van der Waals surface area contributed by atoms with Gasteiger partial charge in [0.2, 0.25) is 5.91 Å². The van der Waals surface area contributed by atoms with Crippen molar-refractivity contribution in [1.82, 2.24) is 24.8 Å². The molecule has 55 heavy (non-hydrogen) atoms. The monoisotopic (exact) mass is 781 g/mol. The van der Waals surface area contributed by atoms with E-state index in [1.807, 2.05) is 0 Å². The van der Waals surface area contributed by atoms with Crippen LogP contribution in [0.3, 0.4) is 0 Å². The average Bonchev–Trinajstić information content (AvgIpc) is 3.85. The van der Waals surface area contributed by atoms with Gasteiger partial charge in [0.15, 0.2) is 29.0 Å². The molecule has 17 heteroatoms. The first-order chi connectivity index (χ1) is 26.5. The van der Waals surface area contributed by atoms with E-state index in [9.17, 15) is 38.1 Å². The summed E-state index contributed by atoms with van der Waals surface area (Å²) in [6.45, 7) is 0.654. The normalized spacial score (nSPS) is 18.5. The van der Waals surface area contributed by atoms with Crippen LogP contribution in [0.4, 0.5) is 24.0 Å². The molecule has 0 unspecified atom stereocenters. The van der Waals surface area contributed by atoms with Crippen molar-refractivity contribution in [1.29, 1.82) is 0 Å². The molecule has 0 saturated carbocycles. The molecule has 1 aliphatic heterocycles. The zero-order valence-electron chi connectivity index (χ0n) is 29.7. The Morgan fingerprint density at radius 2 is 1.69 bits per heavy atom. The average molecular weight is 782 g/mol. The van der Waals surface area contributed by atoms with E-state index in [0.717, 1.165) is 55.6 Å². The van der Waals surface area contributed by atoms with Gasteiger partial charge < -0.3 is 36.4 Å². The van der Waals surface area contributed by atoms with Gasteiger partial charge in [0.1, 0.15) is 24.6 Å². The maximum atomic E-state index is 13.6. The number of aromatic nitrogens is 4. The summed E-state index contributed by atoms with van der Waals surface area (Å²) >= 11 is 1.11. The number of carbonyl (C=O) groups is 2. The lowest BCUT2D eigenvalue weighted by Crippen LogP contribution is -2.33. The molecule has 13 nitrogen and oxygen atoms in total. The molecule has 4 atom stereocenters. The molecule has 4 heterocycles. The van der Waals surface area contributed by atoms with Crippen LogP contribution in [0.15, 0.2) is 67.3 Å². The van der Waals surface area contributed by atoms with Gasteiger partial charge in [0.05, 0.1) is 29.1 Å². The van der Waals surface area contributed by atoms with Gasteiger partial charge in [-0.25, -0.2) is 15.0 Å². The van der Waals surface area contributed by atoms with Crippen molar-refractivity contribution in [3.63, 3.8) is 0 Å². The van der Waals surface area contributed by atoms with E-state index in [0.29, 0.717) is 46.1 Å². The third kappa shape index (κ3) is 9.13. The zero-order valence-corrected chi connectivity index (χ0v) is 30.5. The van der Waals surface area contributed by atoms with E-state index >= 15 is 0 Å². The number of unbranched alkanes of at least 4 members (excludes halogenated alkanes) is 4.